The van der Waals surface area contributed by atoms with Crippen molar-refractivity contribution in [2.45, 2.75) is 18.6 Å². The van der Waals surface area contributed by atoms with Gasteiger partial charge < -0.3 is 25.4 Å². The number of aliphatic hydroxyl groups excluding tert-OH is 1. The fraction of sp³-hybridized carbons (Fsp3) is 0.200. The quantitative estimate of drug-likeness (QED) is 0.512. The van der Waals surface area contributed by atoms with Crippen LogP contribution in [-0.2, 0) is 4.79 Å². The highest BCUT2D eigenvalue weighted by Crippen LogP contribution is 2.30. The Morgan fingerprint density at radius 3 is 2.30 bits per heavy atom. The molecule has 1 saturated heterocycles. The number of carbonyl (C=O) groups is 2. The van der Waals surface area contributed by atoms with Crippen molar-refractivity contribution in [3.8, 4) is 16.9 Å². The Labute approximate surface area is 196 Å². The van der Waals surface area contributed by atoms with Gasteiger partial charge in [0.2, 0.25) is 5.91 Å². The molecule has 1 aliphatic heterocycles. The third kappa shape index (κ3) is 5.27. The fourth-order valence-electron chi connectivity index (χ4n) is 3.86. The molecule has 0 saturated carbocycles. The topological polar surface area (TPSA) is 90.9 Å². The monoisotopic (exact) mass is 465 g/mol. The maximum Gasteiger partial charge on any atom is 0.322 e. The molecular weight excluding hydrogens is 442 g/mol. The number of urea groups is 1. The Balaban J connectivity index is 1.44. The first-order chi connectivity index (χ1) is 15.9. The SMILES string of the molecule is COc1ccccc1-c1ccc(NC(=O)[C@H]2C[C@@H](O)CN2C(=O)Nc2ccc(Cl)cc2)cc1. The summed E-state index contributed by atoms with van der Waals surface area (Å²) >= 11 is 5.88. The molecule has 2 atom stereocenters. The summed E-state index contributed by atoms with van der Waals surface area (Å²) in [7, 11) is 1.62. The minimum absolute atomic E-state index is 0.0737. The third-order valence-electron chi connectivity index (χ3n) is 5.51. The Morgan fingerprint density at radius 2 is 1.61 bits per heavy atom. The number of amides is 3. The van der Waals surface area contributed by atoms with E-state index in [0.29, 0.717) is 16.4 Å². The van der Waals surface area contributed by atoms with Gasteiger partial charge in [-0.05, 0) is 48.0 Å². The van der Waals surface area contributed by atoms with E-state index in [2.05, 4.69) is 10.6 Å². The highest BCUT2D eigenvalue weighted by molar-refractivity contribution is 6.30. The van der Waals surface area contributed by atoms with Gasteiger partial charge in [0.15, 0.2) is 0 Å². The largest absolute Gasteiger partial charge is 0.496 e. The van der Waals surface area contributed by atoms with E-state index in [1.54, 1.807) is 43.5 Å². The summed E-state index contributed by atoms with van der Waals surface area (Å²) in [6.45, 7) is 0.0737. The molecule has 1 heterocycles. The number of hydrogen-bond acceptors (Lipinski definition) is 4. The van der Waals surface area contributed by atoms with Crippen molar-refractivity contribution in [3.05, 3.63) is 77.8 Å². The van der Waals surface area contributed by atoms with Crippen LogP contribution < -0.4 is 15.4 Å². The minimum atomic E-state index is -0.791. The molecule has 7 nitrogen and oxygen atoms in total. The van der Waals surface area contributed by atoms with Crippen LogP contribution in [0.2, 0.25) is 5.02 Å². The predicted molar refractivity (Wildman–Crippen MR) is 129 cm³/mol. The van der Waals surface area contributed by atoms with E-state index in [0.717, 1.165) is 16.9 Å². The van der Waals surface area contributed by atoms with E-state index < -0.39 is 18.2 Å². The second-order valence-corrected chi connectivity index (χ2v) is 8.20. The van der Waals surface area contributed by atoms with Gasteiger partial charge in [0, 0.05) is 34.9 Å². The number of nitrogens with zero attached hydrogens (tertiary/aromatic N) is 1. The van der Waals surface area contributed by atoms with Gasteiger partial charge in [0.25, 0.3) is 0 Å². The molecule has 4 rings (SSSR count). The van der Waals surface area contributed by atoms with Gasteiger partial charge in [-0.2, -0.15) is 0 Å². The lowest BCUT2D eigenvalue weighted by atomic mass is 10.0. The number of halogens is 1. The van der Waals surface area contributed by atoms with Crippen LogP contribution in [0, 0.1) is 0 Å². The number of carbonyl (C=O) groups excluding carboxylic acids is 2. The lowest BCUT2D eigenvalue weighted by molar-refractivity contribution is -0.119. The van der Waals surface area contributed by atoms with E-state index in [-0.39, 0.29) is 18.9 Å². The van der Waals surface area contributed by atoms with Crippen LogP contribution >= 0.6 is 11.6 Å². The molecule has 3 N–H and O–H groups in total. The van der Waals surface area contributed by atoms with Crippen LogP contribution in [0.15, 0.2) is 72.8 Å². The average Bonchev–Trinajstić information content (AvgIpc) is 3.23. The van der Waals surface area contributed by atoms with E-state index in [4.69, 9.17) is 16.3 Å². The molecule has 8 heteroatoms. The Bertz CT molecular complexity index is 1140. The number of benzene rings is 3. The number of rotatable bonds is 5. The number of aliphatic hydroxyl groups is 1. The van der Waals surface area contributed by atoms with Crippen LogP contribution in [0.1, 0.15) is 6.42 Å². The summed E-state index contributed by atoms with van der Waals surface area (Å²) in [5.41, 5.74) is 3.04. The lowest BCUT2D eigenvalue weighted by Crippen LogP contribution is -2.45. The van der Waals surface area contributed by atoms with E-state index in [9.17, 15) is 14.7 Å². The zero-order chi connectivity index (χ0) is 23.4. The van der Waals surface area contributed by atoms with Crippen molar-refractivity contribution >= 4 is 34.9 Å². The van der Waals surface area contributed by atoms with Crippen LogP contribution in [0.3, 0.4) is 0 Å². The molecule has 0 aliphatic carbocycles. The molecule has 0 bridgehead atoms. The second kappa shape index (κ2) is 9.94. The van der Waals surface area contributed by atoms with Gasteiger partial charge >= 0.3 is 6.03 Å². The number of para-hydroxylation sites is 1. The lowest BCUT2D eigenvalue weighted by Gasteiger charge is -2.24. The smallest absolute Gasteiger partial charge is 0.322 e. The Morgan fingerprint density at radius 1 is 0.970 bits per heavy atom. The van der Waals surface area contributed by atoms with Crippen LogP contribution in [0.25, 0.3) is 11.1 Å². The summed E-state index contributed by atoms with van der Waals surface area (Å²) in [5, 5.41) is 16.3. The number of methoxy groups -OCH3 is 1. The predicted octanol–water partition coefficient (Wildman–Crippen LogP) is 4.62. The van der Waals surface area contributed by atoms with Crippen LogP contribution in [0.5, 0.6) is 5.75 Å². The summed E-state index contributed by atoms with van der Waals surface area (Å²) in [4.78, 5) is 27.0. The van der Waals surface area contributed by atoms with Gasteiger partial charge in [-0.3, -0.25) is 4.79 Å². The standard InChI is InChI=1S/C25H24ClN3O4/c1-33-23-5-3-2-4-21(23)16-6-10-18(11-7-16)27-24(31)22-14-20(30)15-29(22)25(32)28-19-12-8-17(26)9-13-19/h2-13,20,22,30H,14-15H2,1H3,(H,27,31)(H,28,32)/t20-,22-/m1/s1. The number of likely N-dealkylation sites (tertiary alicyclic amines) is 1. The van der Waals surface area contributed by atoms with E-state index >= 15 is 0 Å². The molecule has 170 valence electrons. The summed E-state index contributed by atoms with van der Waals surface area (Å²) in [5.74, 6) is 0.402. The maximum absolute atomic E-state index is 12.9. The van der Waals surface area contributed by atoms with Crippen LogP contribution in [0.4, 0.5) is 16.2 Å². The summed E-state index contributed by atoms with van der Waals surface area (Å²) < 4.78 is 5.41. The van der Waals surface area contributed by atoms with E-state index in [1.807, 2.05) is 36.4 Å². The molecule has 1 fully saturated rings. The van der Waals surface area contributed by atoms with Crippen molar-refractivity contribution in [3.63, 3.8) is 0 Å². The third-order valence-corrected chi connectivity index (χ3v) is 5.76. The highest BCUT2D eigenvalue weighted by Gasteiger charge is 2.39. The normalized spacial score (nSPS) is 17.5. The van der Waals surface area contributed by atoms with Crippen molar-refractivity contribution in [2.75, 3.05) is 24.3 Å². The second-order valence-electron chi connectivity index (χ2n) is 7.76. The molecule has 0 radical (unpaired) electrons. The number of anilines is 2. The summed E-state index contributed by atoms with van der Waals surface area (Å²) in [6.07, 6.45) is -0.608. The first-order valence-electron chi connectivity index (χ1n) is 10.5. The molecule has 0 aromatic heterocycles. The molecule has 0 spiro atoms. The number of nitrogens with one attached hydrogen (secondary N) is 2. The molecule has 3 aromatic rings. The van der Waals surface area contributed by atoms with Crippen molar-refractivity contribution in [2.24, 2.45) is 0 Å². The van der Waals surface area contributed by atoms with Gasteiger partial charge in [0.1, 0.15) is 11.8 Å². The van der Waals surface area contributed by atoms with Crippen molar-refractivity contribution in [1.29, 1.82) is 0 Å². The molecule has 0 unspecified atom stereocenters. The van der Waals surface area contributed by atoms with Gasteiger partial charge in [0.05, 0.1) is 13.2 Å². The first kappa shape index (κ1) is 22.6. The molecular formula is C25H24ClN3O4. The average molecular weight is 466 g/mol. The van der Waals surface area contributed by atoms with Gasteiger partial charge in [-0.1, -0.05) is 41.9 Å². The van der Waals surface area contributed by atoms with Gasteiger partial charge in [-0.25, -0.2) is 4.79 Å². The van der Waals surface area contributed by atoms with Gasteiger partial charge in [-0.15, -0.1) is 0 Å². The zero-order valence-electron chi connectivity index (χ0n) is 18.0. The highest BCUT2D eigenvalue weighted by atomic mass is 35.5. The first-order valence-corrected chi connectivity index (χ1v) is 10.9. The zero-order valence-corrected chi connectivity index (χ0v) is 18.8. The molecule has 1 aliphatic rings. The Kier molecular flexibility index (Phi) is 6.82. The van der Waals surface area contributed by atoms with Crippen molar-refractivity contribution in [1.82, 2.24) is 4.90 Å². The number of β-amino-alcohol motifs (C(OH)–C–C–N with tert-alkyl or cyclic N) is 1. The van der Waals surface area contributed by atoms with Crippen molar-refractivity contribution < 1.29 is 19.4 Å². The minimum Gasteiger partial charge on any atom is -0.496 e. The summed E-state index contributed by atoms with van der Waals surface area (Å²) in [6, 6.07) is 20.5. The van der Waals surface area contributed by atoms with E-state index in [1.165, 1.54) is 4.90 Å². The van der Waals surface area contributed by atoms with Crippen LogP contribution in [-0.4, -0.2) is 47.7 Å². The number of hydrogen-bond donors (Lipinski definition) is 3. The molecule has 3 amide bonds. The fourth-order valence-corrected chi connectivity index (χ4v) is 3.98. The molecule has 3 aromatic carbocycles. The number of ether oxygens (including phenoxy) is 1. The Hall–Kier alpha value is -3.55. The molecule has 33 heavy (non-hydrogen) atoms. The maximum atomic E-state index is 12.9.